The number of alkyl halides is 3. The standard InChI is InChI=1S/C22H22ClF3N2O2/c1-2-3-4-6-15-9-11-17(12-10-15)21(30)14-19(22(24,25)26)27-28(21)20(29)16-7-5-8-18(23)13-16/h5,7-13,30H,2-4,6,14H2,1H3/t21-/m0/s1. The van der Waals surface area contributed by atoms with Gasteiger partial charge in [-0.2, -0.15) is 23.3 Å². The van der Waals surface area contributed by atoms with E-state index in [2.05, 4.69) is 12.0 Å². The highest BCUT2D eigenvalue weighted by molar-refractivity contribution is 6.31. The molecule has 4 nitrogen and oxygen atoms in total. The topological polar surface area (TPSA) is 52.9 Å². The number of halogens is 4. The molecule has 0 saturated carbocycles. The number of aryl methyl sites for hydroxylation is 1. The molecule has 1 atom stereocenters. The van der Waals surface area contributed by atoms with Crippen molar-refractivity contribution in [1.29, 1.82) is 0 Å². The van der Waals surface area contributed by atoms with Crippen LogP contribution in [-0.2, 0) is 12.1 Å². The van der Waals surface area contributed by atoms with E-state index in [9.17, 15) is 23.1 Å². The average molecular weight is 439 g/mol. The van der Waals surface area contributed by atoms with E-state index in [1.165, 1.54) is 24.3 Å². The zero-order valence-corrected chi connectivity index (χ0v) is 17.2. The number of benzene rings is 2. The van der Waals surface area contributed by atoms with Crippen LogP contribution in [0.2, 0.25) is 5.02 Å². The molecule has 3 rings (SSSR count). The first-order valence-corrected chi connectivity index (χ1v) is 10.1. The molecule has 0 aromatic heterocycles. The Labute approximate surface area is 178 Å². The van der Waals surface area contributed by atoms with E-state index in [1.54, 1.807) is 24.3 Å². The van der Waals surface area contributed by atoms with Crippen LogP contribution in [0.25, 0.3) is 0 Å². The Hall–Kier alpha value is -2.38. The molecule has 2 aromatic rings. The van der Waals surface area contributed by atoms with E-state index < -0.39 is 29.9 Å². The van der Waals surface area contributed by atoms with Crippen LogP contribution in [0.5, 0.6) is 0 Å². The lowest BCUT2D eigenvalue weighted by Gasteiger charge is -2.31. The minimum absolute atomic E-state index is 0.0317. The van der Waals surface area contributed by atoms with E-state index in [-0.39, 0.29) is 16.1 Å². The Morgan fingerprint density at radius 3 is 2.50 bits per heavy atom. The average Bonchev–Trinajstić information content (AvgIpc) is 3.07. The fraction of sp³-hybridized carbons (Fsp3) is 0.364. The maximum atomic E-state index is 13.4. The Kier molecular flexibility index (Phi) is 6.53. The fourth-order valence-electron chi connectivity index (χ4n) is 3.40. The van der Waals surface area contributed by atoms with E-state index in [4.69, 9.17) is 11.6 Å². The largest absolute Gasteiger partial charge is 0.431 e. The summed E-state index contributed by atoms with van der Waals surface area (Å²) < 4.78 is 40.1. The van der Waals surface area contributed by atoms with Crippen LogP contribution < -0.4 is 0 Å². The predicted octanol–water partition coefficient (Wildman–Crippen LogP) is 5.68. The minimum Gasteiger partial charge on any atom is -0.365 e. The molecule has 30 heavy (non-hydrogen) atoms. The van der Waals surface area contributed by atoms with Crippen molar-refractivity contribution < 1.29 is 23.1 Å². The monoisotopic (exact) mass is 438 g/mol. The van der Waals surface area contributed by atoms with Gasteiger partial charge < -0.3 is 5.11 Å². The van der Waals surface area contributed by atoms with Gasteiger partial charge in [0.25, 0.3) is 5.91 Å². The molecule has 0 saturated heterocycles. The molecule has 0 unspecified atom stereocenters. The third-order valence-corrected chi connectivity index (χ3v) is 5.30. The summed E-state index contributed by atoms with van der Waals surface area (Å²) in [5, 5.41) is 15.4. The summed E-state index contributed by atoms with van der Waals surface area (Å²) in [6, 6.07) is 12.4. The molecule has 0 spiro atoms. The zero-order valence-electron chi connectivity index (χ0n) is 16.4. The maximum Gasteiger partial charge on any atom is 0.431 e. The Morgan fingerprint density at radius 1 is 1.20 bits per heavy atom. The van der Waals surface area contributed by atoms with E-state index in [0.29, 0.717) is 5.01 Å². The molecule has 1 N–H and O–H groups in total. The summed E-state index contributed by atoms with van der Waals surface area (Å²) in [5.41, 5.74) is -2.25. The van der Waals surface area contributed by atoms with Crippen LogP contribution in [0, 0.1) is 0 Å². The predicted molar refractivity (Wildman–Crippen MR) is 109 cm³/mol. The highest BCUT2D eigenvalue weighted by Gasteiger charge is 2.53. The number of rotatable bonds is 6. The summed E-state index contributed by atoms with van der Waals surface area (Å²) in [7, 11) is 0. The van der Waals surface area contributed by atoms with Crippen LogP contribution in [0.3, 0.4) is 0 Å². The minimum atomic E-state index is -4.77. The summed E-state index contributed by atoms with van der Waals surface area (Å²) >= 11 is 5.91. The number of unbranched alkanes of at least 4 members (excludes halogenated alkanes) is 2. The van der Waals surface area contributed by atoms with Gasteiger partial charge in [0, 0.05) is 16.1 Å². The lowest BCUT2D eigenvalue weighted by Crippen LogP contribution is -2.43. The molecule has 160 valence electrons. The Morgan fingerprint density at radius 2 is 1.90 bits per heavy atom. The van der Waals surface area contributed by atoms with Gasteiger partial charge in [0.15, 0.2) is 5.72 Å². The third kappa shape index (κ3) is 4.68. The second-order valence-corrected chi connectivity index (χ2v) is 7.76. The van der Waals surface area contributed by atoms with Crippen molar-refractivity contribution >= 4 is 23.2 Å². The molecule has 0 fully saturated rings. The summed E-state index contributed by atoms with van der Waals surface area (Å²) in [5.74, 6) is -0.869. The van der Waals surface area contributed by atoms with Gasteiger partial charge in [-0.3, -0.25) is 4.79 Å². The van der Waals surface area contributed by atoms with Gasteiger partial charge in [0.05, 0.1) is 6.42 Å². The molecule has 0 aliphatic carbocycles. The molecule has 2 aromatic carbocycles. The lowest BCUT2D eigenvalue weighted by molar-refractivity contribution is -0.0816. The quantitative estimate of drug-likeness (QED) is 0.590. The number of aliphatic hydroxyl groups is 1. The second kappa shape index (κ2) is 8.78. The Balaban J connectivity index is 1.95. The number of carbonyl (C=O) groups is 1. The highest BCUT2D eigenvalue weighted by Crippen LogP contribution is 2.40. The number of hydrazone groups is 1. The highest BCUT2D eigenvalue weighted by atomic mass is 35.5. The molecule has 8 heteroatoms. The fourth-order valence-corrected chi connectivity index (χ4v) is 3.59. The summed E-state index contributed by atoms with van der Waals surface area (Å²) in [4.78, 5) is 12.9. The first kappa shape index (κ1) is 22.3. The van der Waals surface area contributed by atoms with Crippen molar-refractivity contribution in [3.63, 3.8) is 0 Å². The van der Waals surface area contributed by atoms with E-state index >= 15 is 0 Å². The van der Waals surface area contributed by atoms with Gasteiger partial charge >= 0.3 is 6.18 Å². The lowest BCUT2D eigenvalue weighted by atomic mass is 9.94. The van der Waals surface area contributed by atoms with Gasteiger partial charge in [-0.15, -0.1) is 0 Å². The van der Waals surface area contributed by atoms with Crippen molar-refractivity contribution in [1.82, 2.24) is 5.01 Å². The van der Waals surface area contributed by atoms with Gasteiger partial charge in [-0.05, 0) is 36.6 Å². The van der Waals surface area contributed by atoms with Crippen molar-refractivity contribution in [3.05, 3.63) is 70.2 Å². The number of carbonyl (C=O) groups excluding carboxylic acids is 1. The van der Waals surface area contributed by atoms with E-state index in [1.807, 2.05) is 0 Å². The molecule has 1 amide bonds. The van der Waals surface area contributed by atoms with Crippen molar-refractivity contribution in [2.75, 3.05) is 0 Å². The summed E-state index contributed by atoms with van der Waals surface area (Å²) in [6.45, 7) is 2.10. The van der Waals surface area contributed by atoms with Crippen LogP contribution in [0.4, 0.5) is 13.2 Å². The van der Waals surface area contributed by atoms with Crippen LogP contribution in [0.1, 0.15) is 54.1 Å². The SMILES string of the molecule is CCCCCc1ccc([C@@]2(O)CC(C(F)(F)F)=NN2C(=O)c2cccc(Cl)c2)cc1. The normalized spacial score (nSPS) is 19.1. The van der Waals surface area contributed by atoms with E-state index in [0.717, 1.165) is 31.2 Å². The van der Waals surface area contributed by atoms with Crippen molar-refractivity contribution in [3.8, 4) is 0 Å². The maximum absolute atomic E-state index is 13.4. The Bertz CT molecular complexity index is 944. The second-order valence-electron chi connectivity index (χ2n) is 7.32. The van der Waals surface area contributed by atoms with Gasteiger partial charge in [0.1, 0.15) is 5.71 Å². The molecule has 1 aliphatic heterocycles. The number of hydrogen-bond acceptors (Lipinski definition) is 3. The molecular formula is C22H22ClF3N2O2. The van der Waals surface area contributed by atoms with Crippen LogP contribution in [-0.4, -0.2) is 27.9 Å². The van der Waals surface area contributed by atoms with Gasteiger partial charge in [-0.25, -0.2) is 0 Å². The first-order valence-electron chi connectivity index (χ1n) is 9.71. The number of hydrogen-bond donors (Lipinski definition) is 1. The summed E-state index contributed by atoms with van der Waals surface area (Å²) in [6.07, 6.45) is -1.62. The molecule has 0 radical (unpaired) electrons. The molecular weight excluding hydrogens is 417 g/mol. The van der Waals surface area contributed by atoms with Crippen LogP contribution in [0.15, 0.2) is 53.6 Å². The molecule has 1 heterocycles. The van der Waals surface area contributed by atoms with Gasteiger partial charge in [0.2, 0.25) is 0 Å². The number of nitrogens with zero attached hydrogens (tertiary/aromatic N) is 2. The third-order valence-electron chi connectivity index (χ3n) is 5.06. The van der Waals surface area contributed by atoms with Crippen molar-refractivity contribution in [2.24, 2.45) is 5.10 Å². The molecule has 0 bridgehead atoms. The van der Waals surface area contributed by atoms with Gasteiger partial charge in [-0.1, -0.05) is 61.7 Å². The van der Waals surface area contributed by atoms with Crippen LogP contribution >= 0.6 is 11.6 Å². The number of amides is 1. The first-order chi connectivity index (χ1) is 14.1. The zero-order chi connectivity index (χ0) is 21.9. The smallest absolute Gasteiger partial charge is 0.365 e. The molecule has 1 aliphatic rings. The van der Waals surface area contributed by atoms with Crippen molar-refractivity contribution in [2.45, 2.75) is 50.9 Å².